The quantitative estimate of drug-likeness (QED) is 0.659. The molecule has 0 unspecified atom stereocenters. The van der Waals surface area contributed by atoms with Crippen LogP contribution in [-0.4, -0.2) is 23.6 Å². The van der Waals surface area contributed by atoms with E-state index in [1.165, 1.54) is 10.2 Å². The molecule has 4 nitrogen and oxygen atoms in total. The highest BCUT2D eigenvalue weighted by Crippen LogP contribution is 2.31. The van der Waals surface area contributed by atoms with Gasteiger partial charge in [-0.25, -0.2) is 17.4 Å². The summed E-state index contributed by atoms with van der Waals surface area (Å²) in [4.78, 5) is 4.37. The second-order valence-corrected chi connectivity index (χ2v) is 5.79. The van der Waals surface area contributed by atoms with Gasteiger partial charge in [0.05, 0.1) is 11.9 Å². The molecule has 2 aliphatic rings. The third kappa shape index (κ3) is 1.51. The van der Waals surface area contributed by atoms with Crippen molar-refractivity contribution in [3.05, 3.63) is 42.6 Å². The van der Waals surface area contributed by atoms with Gasteiger partial charge < -0.3 is 0 Å². The maximum Gasteiger partial charge on any atom is 0.237 e. The molecule has 17 heavy (non-hydrogen) atoms. The molecule has 1 aromatic heterocycles. The Hall–Kier alpha value is -1.88. The van der Waals surface area contributed by atoms with Crippen molar-refractivity contribution in [1.82, 2.24) is 8.96 Å². The minimum Gasteiger partial charge on any atom is -0.229 e. The van der Waals surface area contributed by atoms with Crippen LogP contribution in [0.3, 0.4) is 0 Å². The molecule has 0 fully saturated rings. The van der Waals surface area contributed by atoms with Gasteiger partial charge in [-0.15, -0.1) is 0 Å². The summed E-state index contributed by atoms with van der Waals surface area (Å²) in [7, 11) is -3.30. The van der Waals surface area contributed by atoms with Crippen molar-refractivity contribution in [2.45, 2.75) is 0 Å². The lowest BCUT2D eigenvalue weighted by Crippen LogP contribution is -2.08. The zero-order chi connectivity index (χ0) is 12.0. The lowest BCUT2D eigenvalue weighted by molar-refractivity contribution is 0.595. The zero-order valence-corrected chi connectivity index (χ0v) is 9.98. The molecule has 0 saturated carbocycles. The fraction of sp³-hybridized carbons (Fsp3) is 0.0833. The summed E-state index contributed by atoms with van der Waals surface area (Å²) in [6.07, 6.45) is 2.71. The molecule has 1 aliphatic heterocycles. The van der Waals surface area contributed by atoms with Crippen molar-refractivity contribution < 1.29 is 8.42 Å². The van der Waals surface area contributed by atoms with Crippen LogP contribution in [-0.2, 0) is 10.0 Å². The molecule has 3 rings (SSSR count). The van der Waals surface area contributed by atoms with Crippen molar-refractivity contribution in [3.8, 4) is 11.3 Å². The maximum atomic E-state index is 11.6. The summed E-state index contributed by atoms with van der Waals surface area (Å²) >= 11 is 0. The summed E-state index contributed by atoms with van der Waals surface area (Å²) in [5.74, 6) is 0. The number of hydrogen-bond donors (Lipinski definition) is 0. The molecule has 0 bridgehead atoms. The minimum absolute atomic E-state index is 0.494. The van der Waals surface area contributed by atoms with Crippen molar-refractivity contribution in [3.63, 3.8) is 0 Å². The van der Waals surface area contributed by atoms with E-state index in [1.54, 1.807) is 12.3 Å². The Balaban J connectivity index is 2.47. The molecule has 0 amide bonds. The van der Waals surface area contributed by atoms with Crippen LogP contribution in [0.1, 0.15) is 0 Å². The Morgan fingerprint density at radius 3 is 2.65 bits per heavy atom. The van der Waals surface area contributed by atoms with Crippen LogP contribution in [0.5, 0.6) is 0 Å². The first-order valence-corrected chi connectivity index (χ1v) is 6.98. The Labute approximate surface area is 98.9 Å². The zero-order valence-electron chi connectivity index (χ0n) is 9.16. The Bertz CT molecular complexity index is 774. The number of aromatic nitrogens is 2. The van der Waals surface area contributed by atoms with Gasteiger partial charge in [-0.05, 0) is 12.1 Å². The molecule has 0 atom stereocenters. The molecule has 86 valence electrons. The van der Waals surface area contributed by atoms with Crippen LogP contribution in [0, 0.1) is 0 Å². The van der Waals surface area contributed by atoms with Gasteiger partial charge in [0.25, 0.3) is 0 Å². The van der Waals surface area contributed by atoms with Crippen molar-refractivity contribution in [2.75, 3.05) is 6.26 Å². The lowest BCUT2D eigenvalue weighted by Gasteiger charge is -1.97. The molecular weight excluding hydrogens is 236 g/mol. The number of nitrogens with zero attached hydrogens (tertiary/aromatic N) is 2. The second-order valence-electron chi connectivity index (χ2n) is 3.93. The van der Waals surface area contributed by atoms with E-state index in [1.807, 2.05) is 30.3 Å². The largest absolute Gasteiger partial charge is 0.237 e. The Morgan fingerprint density at radius 2 is 1.88 bits per heavy atom. The molecule has 0 N–H and O–H groups in total. The standard InChI is InChI=1S/C12H10N2O2S/c1-17(15,16)14-8-7-10-9-5-3-2-4-6-11(9)13-12(10)14/h2-8H,1H3. The SMILES string of the molecule is CS(=O)(=O)n1ccc2c3cccccc-3nc21. The average Bonchev–Trinajstić information content (AvgIpc) is 2.69. The number of hydrogen-bond acceptors (Lipinski definition) is 3. The van der Waals surface area contributed by atoms with Gasteiger partial charge in [0.15, 0.2) is 5.65 Å². The van der Waals surface area contributed by atoms with Crippen molar-refractivity contribution in [1.29, 1.82) is 0 Å². The summed E-state index contributed by atoms with van der Waals surface area (Å²) in [6.45, 7) is 0. The molecule has 0 saturated heterocycles. The van der Waals surface area contributed by atoms with Gasteiger partial charge in [-0.2, -0.15) is 0 Å². The highest BCUT2D eigenvalue weighted by molar-refractivity contribution is 7.89. The Kier molecular flexibility index (Phi) is 2.00. The van der Waals surface area contributed by atoms with E-state index in [2.05, 4.69) is 4.98 Å². The average molecular weight is 246 g/mol. The van der Waals surface area contributed by atoms with Crippen LogP contribution in [0.4, 0.5) is 0 Å². The van der Waals surface area contributed by atoms with E-state index in [0.717, 1.165) is 16.6 Å². The van der Waals surface area contributed by atoms with Crippen LogP contribution in [0.2, 0.25) is 0 Å². The van der Waals surface area contributed by atoms with Crippen LogP contribution in [0.25, 0.3) is 22.3 Å². The van der Waals surface area contributed by atoms with Crippen LogP contribution < -0.4 is 0 Å². The summed E-state index contributed by atoms with van der Waals surface area (Å²) in [5.41, 5.74) is 2.26. The molecule has 0 spiro atoms. The first-order valence-electron chi connectivity index (χ1n) is 5.14. The molecule has 5 heteroatoms. The molecule has 2 heterocycles. The molecule has 0 radical (unpaired) electrons. The summed E-state index contributed by atoms with van der Waals surface area (Å²) < 4.78 is 24.3. The minimum atomic E-state index is -3.30. The van der Waals surface area contributed by atoms with Gasteiger partial charge in [-0.3, -0.25) is 0 Å². The van der Waals surface area contributed by atoms with E-state index in [-0.39, 0.29) is 0 Å². The first-order chi connectivity index (χ1) is 8.07. The Morgan fingerprint density at radius 1 is 1.12 bits per heavy atom. The summed E-state index contributed by atoms with van der Waals surface area (Å²) in [6, 6.07) is 11.3. The van der Waals surface area contributed by atoms with Gasteiger partial charge in [-0.1, -0.05) is 24.3 Å². The molecule has 1 aromatic rings. The highest BCUT2D eigenvalue weighted by atomic mass is 32.2. The smallest absolute Gasteiger partial charge is 0.229 e. The lowest BCUT2D eigenvalue weighted by atomic mass is 10.2. The predicted molar refractivity (Wildman–Crippen MR) is 66.6 cm³/mol. The fourth-order valence-corrected chi connectivity index (χ4v) is 2.71. The van der Waals surface area contributed by atoms with E-state index in [4.69, 9.17) is 0 Å². The van der Waals surface area contributed by atoms with Gasteiger partial charge in [0.1, 0.15) is 0 Å². The topological polar surface area (TPSA) is 52.0 Å². The van der Waals surface area contributed by atoms with Crippen molar-refractivity contribution in [2.24, 2.45) is 0 Å². The van der Waals surface area contributed by atoms with Gasteiger partial charge >= 0.3 is 0 Å². The van der Waals surface area contributed by atoms with E-state index < -0.39 is 10.0 Å². The fourth-order valence-electron chi connectivity index (χ4n) is 1.97. The summed E-state index contributed by atoms with van der Waals surface area (Å²) in [5, 5.41) is 0.863. The van der Waals surface area contributed by atoms with Crippen molar-refractivity contribution >= 4 is 21.1 Å². The third-order valence-corrected chi connectivity index (χ3v) is 3.72. The van der Waals surface area contributed by atoms with E-state index >= 15 is 0 Å². The van der Waals surface area contributed by atoms with E-state index in [9.17, 15) is 8.42 Å². The highest BCUT2D eigenvalue weighted by Gasteiger charge is 2.17. The first kappa shape index (κ1) is 10.3. The second kappa shape index (κ2) is 3.30. The van der Waals surface area contributed by atoms with Gasteiger partial charge in [0.2, 0.25) is 10.0 Å². The maximum absolute atomic E-state index is 11.6. The molecule has 0 aromatic carbocycles. The van der Waals surface area contributed by atoms with Gasteiger partial charge in [0, 0.05) is 17.1 Å². The molecule has 1 aliphatic carbocycles. The van der Waals surface area contributed by atoms with Crippen LogP contribution in [0.15, 0.2) is 42.6 Å². The number of fused-ring (bicyclic) bond motifs is 3. The number of rotatable bonds is 1. The monoisotopic (exact) mass is 246 g/mol. The third-order valence-electron chi connectivity index (χ3n) is 2.72. The van der Waals surface area contributed by atoms with Crippen LogP contribution >= 0.6 is 0 Å². The molecular formula is C12H10N2O2S. The normalized spacial score (nSPS) is 12.3. The van der Waals surface area contributed by atoms with E-state index in [0.29, 0.717) is 5.65 Å². The predicted octanol–water partition coefficient (Wildman–Crippen LogP) is 1.95.